The quantitative estimate of drug-likeness (QED) is 0.748. The molecular formula is C20H20N4O4. The van der Waals surface area contributed by atoms with Crippen molar-refractivity contribution in [2.24, 2.45) is 0 Å². The number of carbonyl (C=O) groups excluding carboxylic acids is 1. The molecule has 0 saturated heterocycles. The third-order valence-electron chi connectivity index (χ3n) is 5.31. The summed E-state index contributed by atoms with van der Waals surface area (Å²) in [6.07, 6.45) is 7.61. The summed E-state index contributed by atoms with van der Waals surface area (Å²) in [6, 6.07) is 7.51. The van der Waals surface area contributed by atoms with Gasteiger partial charge in [-0.25, -0.2) is 4.52 Å². The van der Waals surface area contributed by atoms with E-state index in [0.717, 1.165) is 31.2 Å². The summed E-state index contributed by atoms with van der Waals surface area (Å²) in [4.78, 5) is 25.1. The van der Waals surface area contributed by atoms with Crippen molar-refractivity contribution in [3.63, 3.8) is 0 Å². The van der Waals surface area contributed by atoms with Gasteiger partial charge in [-0.3, -0.25) is 9.59 Å². The minimum absolute atomic E-state index is 0.0103. The van der Waals surface area contributed by atoms with Gasteiger partial charge in [0.2, 0.25) is 12.7 Å². The smallest absolute Gasteiger partial charge is 0.277 e. The highest BCUT2D eigenvalue weighted by molar-refractivity contribution is 5.76. The minimum Gasteiger partial charge on any atom is -0.454 e. The lowest BCUT2D eigenvalue weighted by Crippen LogP contribution is -2.37. The zero-order valence-electron chi connectivity index (χ0n) is 15.3. The zero-order chi connectivity index (χ0) is 19.1. The van der Waals surface area contributed by atoms with Crippen molar-refractivity contribution < 1.29 is 14.3 Å². The second kappa shape index (κ2) is 6.70. The molecule has 5 rings (SSSR count). The highest BCUT2D eigenvalue weighted by Crippen LogP contribution is 2.35. The fourth-order valence-corrected chi connectivity index (χ4v) is 3.85. The van der Waals surface area contributed by atoms with Gasteiger partial charge in [-0.2, -0.15) is 5.10 Å². The molecule has 3 aromatic rings. The molecule has 0 bridgehead atoms. The number of rotatable bonds is 4. The van der Waals surface area contributed by atoms with Gasteiger partial charge in [0.05, 0.1) is 5.69 Å². The van der Waals surface area contributed by atoms with E-state index < -0.39 is 0 Å². The van der Waals surface area contributed by atoms with Gasteiger partial charge in [-0.15, -0.1) is 0 Å². The second-order valence-corrected chi connectivity index (χ2v) is 7.21. The maximum Gasteiger partial charge on any atom is 0.277 e. The standard InChI is InChI=1S/C20H20N4O4/c25-19(21-14-3-1-2-4-14)11-23-7-8-24-16(20(23)26)10-15(22-24)13-5-6-17-18(9-13)28-12-27-17/h5-10,14H,1-4,11-12H2,(H,21,25). The van der Waals surface area contributed by atoms with E-state index in [9.17, 15) is 9.59 Å². The van der Waals surface area contributed by atoms with E-state index >= 15 is 0 Å². The fourth-order valence-electron chi connectivity index (χ4n) is 3.85. The summed E-state index contributed by atoms with van der Waals surface area (Å²) >= 11 is 0. The molecule has 1 aliphatic carbocycles. The molecule has 8 heteroatoms. The van der Waals surface area contributed by atoms with Crippen LogP contribution in [0.15, 0.2) is 41.5 Å². The van der Waals surface area contributed by atoms with Crippen LogP contribution in [0.3, 0.4) is 0 Å². The van der Waals surface area contributed by atoms with Crippen LogP contribution in [0.4, 0.5) is 0 Å². The first-order valence-corrected chi connectivity index (χ1v) is 9.45. The Morgan fingerprint density at radius 2 is 1.96 bits per heavy atom. The maximum absolute atomic E-state index is 12.8. The predicted molar refractivity (Wildman–Crippen MR) is 101 cm³/mol. The number of ether oxygens (including phenoxy) is 2. The number of hydrogen-bond acceptors (Lipinski definition) is 5. The average Bonchev–Trinajstić information content (AvgIpc) is 3.43. The summed E-state index contributed by atoms with van der Waals surface area (Å²) in [7, 11) is 0. The number of carbonyl (C=O) groups is 1. The molecule has 8 nitrogen and oxygen atoms in total. The van der Waals surface area contributed by atoms with E-state index in [1.807, 2.05) is 18.2 Å². The monoisotopic (exact) mass is 380 g/mol. The van der Waals surface area contributed by atoms with Gasteiger partial charge in [-0.05, 0) is 37.1 Å². The molecule has 1 aliphatic heterocycles. The lowest BCUT2D eigenvalue weighted by Gasteiger charge is -2.12. The predicted octanol–water partition coefficient (Wildman–Crippen LogP) is 1.95. The molecule has 1 saturated carbocycles. The van der Waals surface area contributed by atoms with Gasteiger partial charge < -0.3 is 19.4 Å². The van der Waals surface area contributed by atoms with Crippen molar-refractivity contribution in [2.45, 2.75) is 38.3 Å². The summed E-state index contributed by atoms with van der Waals surface area (Å²) < 4.78 is 13.7. The zero-order valence-corrected chi connectivity index (χ0v) is 15.3. The molecule has 0 spiro atoms. The number of aromatic nitrogens is 3. The lowest BCUT2D eigenvalue weighted by molar-refractivity contribution is -0.122. The van der Waals surface area contributed by atoms with Crippen LogP contribution in [-0.2, 0) is 11.3 Å². The highest BCUT2D eigenvalue weighted by atomic mass is 16.7. The van der Waals surface area contributed by atoms with Crippen molar-refractivity contribution in [3.05, 3.63) is 47.0 Å². The molecule has 1 N–H and O–H groups in total. The van der Waals surface area contributed by atoms with Gasteiger partial charge in [0.25, 0.3) is 5.56 Å². The van der Waals surface area contributed by atoms with Crippen LogP contribution in [0.1, 0.15) is 25.7 Å². The Balaban J connectivity index is 1.42. The Morgan fingerprint density at radius 1 is 1.14 bits per heavy atom. The van der Waals surface area contributed by atoms with E-state index in [4.69, 9.17) is 9.47 Å². The molecule has 0 atom stereocenters. The Bertz CT molecular complexity index is 1110. The van der Waals surface area contributed by atoms with Crippen LogP contribution >= 0.6 is 0 Å². The SMILES string of the molecule is O=C(Cn1ccn2nc(-c3ccc4c(c3)OCO4)cc2c1=O)NC1CCCC1. The summed E-state index contributed by atoms with van der Waals surface area (Å²) in [5, 5.41) is 7.49. The Hall–Kier alpha value is -3.29. The van der Waals surface area contributed by atoms with Gasteiger partial charge in [0.15, 0.2) is 11.5 Å². The van der Waals surface area contributed by atoms with Crippen LogP contribution in [0, 0.1) is 0 Å². The molecule has 3 heterocycles. The Morgan fingerprint density at radius 3 is 2.82 bits per heavy atom. The maximum atomic E-state index is 12.8. The third kappa shape index (κ3) is 3.00. The van der Waals surface area contributed by atoms with Gasteiger partial charge >= 0.3 is 0 Å². The molecule has 1 fully saturated rings. The van der Waals surface area contributed by atoms with Crippen molar-refractivity contribution >= 4 is 11.4 Å². The number of benzene rings is 1. The summed E-state index contributed by atoms with van der Waals surface area (Å²) in [5.74, 6) is 1.23. The van der Waals surface area contributed by atoms with Crippen molar-refractivity contribution in [2.75, 3.05) is 6.79 Å². The highest BCUT2D eigenvalue weighted by Gasteiger charge is 2.19. The molecule has 2 aliphatic rings. The molecular weight excluding hydrogens is 360 g/mol. The van der Waals surface area contributed by atoms with Crippen molar-refractivity contribution in [1.82, 2.24) is 19.5 Å². The minimum atomic E-state index is -0.247. The van der Waals surface area contributed by atoms with E-state index in [1.54, 1.807) is 18.5 Å². The first kappa shape index (κ1) is 16.9. The van der Waals surface area contributed by atoms with E-state index in [-0.39, 0.29) is 30.8 Å². The second-order valence-electron chi connectivity index (χ2n) is 7.21. The molecule has 0 unspecified atom stereocenters. The molecule has 2 aromatic heterocycles. The fraction of sp³-hybridized carbons (Fsp3) is 0.350. The molecule has 28 heavy (non-hydrogen) atoms. The summed E-state index contributed by atoms with van der Waals surface area (Å²) in [6.45, 7) is 0.216. The molecule has 1 amide bonds. The summed E-state index contributed by atoms with van der Waals surface area (Å²) in [5.41, 5.74) is 1.66. The third-order valence-corrected chi connectivity index (χ3v) is 5.31. The first-order chi connectivity index (χ1) is 13.7. The van der Waals surface area contributed by atoms with Crippen LogP contribution in [0.2, 0.25) is 0 Å². The topological polar surface area (TPSA) is 86.9 Å². The lowest BCUT2D eigenvalue weighted by atomic mass is 10.1. The largest absolute Gasteiger partial charge is 0.454 e. The number of amides is 1. The van der Waals surface area contributed by atoms with E-state index in [2.05, 4.69) is 10.4 Å². The van der Waals surface area contributed by atoms with Crippen LogP contribution in [0.5, 0.6) is 11.5 Å². The van der Waals surface area contributed by atoms with E-state index in [0.29, 0.717) is 22.7 Å². The number of hydrogen-bond donors (Lipinski definition) is 1. The van der Waals surface area contributed by atoms with Gasteiger partial charge in [-0.1, -0.05) is 12.8 Å². The Labute approximate surface area is 160 Å². The number of nitrogens with zero attached hydrogens (tertiary/aromatic N) is 3. The number of nitrogens with one attached hydrogen (secondary N) is 1. The van der Waals surface area contributed by atoms with E-state index in [1.165, 1.54) is 9.08 Å². The van der Waals surface area contributed by atoms with Crippen LogP contribution in [-0.4, -0.2) is 32.9 Å². The normalized spacial score (nSPS) is 16.0. The van der Waals surface area contributed by atoms with Crippen LogP contribution < -0.4 is 20.3 Å². The van der Waals surface area contributed by atoms with Crippen LogP contribution in [0.25, 0.3) is 16.8 Å². The van der Waals surface area contributed by atoms with Gasteiger partial charge in [0.1, 0.15) is 12.1 Å². The average molecular weight is 380 g/mol. The first-order valence-electron chi connectivity index (χ1n) is 9.45. The molecule has 0 radical (unpaired) electrons. The molecule has 144 valence electrons. The molecule has 1 aromatic carbocycles. The number of fused-ring (bicyclic) bond motifs is 2. The van der Waals surface area contributed by atoms with Gasteiger partial charge in [0, 0.05) is 24.0 Å². The van der Waals surface area contributed by atoms with Crippen molar-refractivity contribution in [1.29, 1.82) is 0 Å². The Kier molecular flexibility index (Phi) is 4.03. The van der Waals surface area contributed by atoms with Crippen molar-refractivity contribution in [3.8, 4) is 22.8 Å².